The molecule has 3 fully saturated rings. The molecule has 0 aliphatic carbocycles. The molecule has 3 aliphatic heterocycles. The fourth-order valence-corrected chi connectivity index (χ4v) is 5.16. The number of nitrogens with zero attached hydrogens (tertiary/aromatic N) is 2. The number of urea groups is 1. The third-order valence-electron chi connectivity index (χ3n) is 6.72. The lowest BCUT2D eigenvalue weighted by Crippen LogP contribution is -2.75. The number of nitrogens with one attached hydrogen (secondary N) is 3. The van der Waals surface area contributed by atoms with Crippen molar-refractivity contribution in [2.45, 2.75) is 43.2 Å². The molecule has 4 heterocycles. The molecule has 0 spiro atoms. The predicted molar refractivity (Wildman–Crippen MR) is 114 cm³/mol. The van der Waals surface area contributed by atoms with Gasteiger partial charge in [-0.3, -0.25) is 15.0 Å². The van der Waals surface area contributed by atoms with E-state index in [9.17, 15) is 22.8 Å². The van der Waals surface area contributed by atoms with E-state index in [2.05, 4.69) is 20.9 Å². The van der Waals surface area contributed by atoms with E-state index < -0.39 is 35.6 Å². The SMILES string of the molecule is Nc1ccc(C2CCC3NCC4C(=O)NC(=O)N(c5cccc(C(F)(F)F)c5)C4C3N2)cn1. The number of aromatic nitrogens is 1. The highest BCUT2D eigenvalue weighted by atomic mass is 19.4. The number of rotatable bonds is 2. The Morgan fingerprint density at radius 1 is 1.12 bits per heavy atom. The van der Waals surface area contributed by atoms with Crippen molar-refractivity contribution in [1.29, 1.82) is 0 Å². The first-order chi connectivity index (χ1) is 15.7. The summed E-state index contributed by atoms with van der Waals surface area (Å²) in [5.74, 6) is -0.649. The standard InChI is InChI=1S/C22H23F3N6O2/c23-22(24,25)12-2-1-3-13(8-12)31-19-14(20(32)30-21(31)33)10-27-16-6-5-15(29-18(16)19)11-4-7-17(26)28-9-11/h1-4,7-9,14-16,18-19,27,29H,5-6,10H2,(H2,26,28)(H,30,32,33). The summed E-state index contributed by atoms with van der Waals surface area (Å²) in [6, 6.07) is 6.36. The van der Waals surface area contributed by atoms with Gasteiger partial charge in [0.2, 0.25) is 5.91 Å². The van der Waals surface area contributed by atoms with Crippen LogP contribution in [0.5, 0.6) is 0 Å². The summed E-state index contributed by atoms with van der Waals surface area (Å²) in [5, 5.41) is 9.22. The van der Waals surface area contributed by atoms with Crippen LogP contribution in [0.1, 0.15) is 30.0 Å². The summed E-state index contributed by atoms with van der Waals surface area (Å²) in [6.45, 7) is 0.330. The van der Waals surface area contributed by atoms with Gasteiger partial charge in [0.25, 0.3) is 0 Å². The first-order valence-corrected chi connectivity index (χ1v) is 10.7. The van der Waals surface area contributed by atoms with Crippen LogP contribution in [0.4, 0.5) is 29.5 Å². The topological polar surface area (TPSA) is 112 Å². The molecular weight excluding hydrogens is 437 g/mol. The Labute approximate surface area is 187 Å². The molecule has 1 aromatic carbocycles. The Hall–Kier alpha value is -3.18. The molecule has 0 saturated carbocycles. The quantitative estimate of drug-likeness (QED) is 0.547. The first kappa shape index (κ1) is 21.7. The number of nitrogen functional groups attached to an aromatic ring is 1. The minimum absolute atomic E-state index is 0.0451. The Morgan fingerprint density at radius 3 is 2.67 bits per heavy atom. The molecule has 5 atom stereocenters. The summed E-state index contributed by atoms with van der Waals surface area (Å²) in [6.07, 6.45) is -1.31. The number of anilines is 2. The fraction of sp³-hybridized carbons (Fsp3) is 0.409. The second kappa shape index (κ2) is 7.99. The molecule has 5 unspecified atom stereocenters. The zero-order valence-corrected chi connectivity index (χ0v) is 17.5. The van der Waals surface area contributed by atoms with Crippen LogP contribution in [0.25, 0.3) is 0 Å². The van der Waals surface area contributed by atoms with Gasteiger partial charge in [-0.2, -0.15) is 13.2 Å². The summed E-state index contributed by atoms with van der Waals surface area (Å²) in [7, 11) is 0. The highest BCUT2D eigenvalue weighted by Crippen LogP contribution is 2.38. The third-order valence-corrected chi connectivity index (χ3v) is 6.72. The average Bonchev–Trinajstić information content (AvgIpc) is 2.79. The van der Waals surface area contributed by atoms with Gasteiger partial charge >= 0.3 is 12.2 Å². The van der Waals surface area contributed by atoms with Crippen LogP contribution in [-0.4, -0.2) is 41.6 Å². The highest BCUT2D eigenvalue weighted by Gasteiger charge is 2.52. The maximum absolute atomic E-state index is 13.4. The summed E-state index contributed by atoms with van der Waals surface area (Å²) >= 11 is 0. The zero-order chi connectivity index (χ0) is 23.3. The van der Waals surface area contributed by atoms with E-state index in [0.29, 0.717) is 12.4 Å². The van der Waals surface area contributed by atoms with E-state index in [4.69, 9.17) is 5.73 Å². The number of hydrogen-bond donors (Lipinski definition) is 4. The van der Waals surface area contributed by atoms with Crippen molar-refractivity contribution in [3.8, 4) is 0 Å². The Morgan fingerprint density at radius 2 is 1.94 bits per heavy atom. The fourth-order valence-electron chi connectivity index (χ4n) is 5.16. The zero-order valence-electron chi connectivity index (χ0n) is 17.5. The summed E-state index contributed by atoms with van der Waals surface area (Å²) in [5.41, 5.74) is 5.86. The van der Waals surface area contributed by atoms with Crippen molar-refractivity contribution in [2.24, 2.45) is 5.92 Å². The molecule has 8 nitrogen and oxygen atoms in total. The molecule has 5 N–H and O–H groups in total. The lowest BCUT2D eigenvalue weighted by Gasteiger charge is -2.53. The molecule has 0 radical (unpaired) electrons. The number of hydrogen-bond acceptors (Lipinski definition) is 6. The van der Waals surface area contributed by atoms with Crippen molar-refractivity contribution >= 4 is 23.4 Å². The monoisotopic (exact) mass is 460 g/mol. The Bertz CT molecular complexity index is 1080. The van der Waals surface area contributed by atoms with E-state index in [1.54, 1.807) is 12.3 Å². The summed E-state index contributed by atoms with van der Waals surface area (Å²) < 4.78 is 40.1. The number of piperidine rings is 2. The van der Waals surface area contributed by atoms with Gasteiger partial charge in [0, 0.05) is 36.6 Å². The molecule has 174 valence electrons. The second-order valence-corrected chi connectivity index (χ2v) is 8.66. The molecule has 2 aromatic rings. The van der Waals surface area contributed by atoms with Gasteiger partial charge in [0.1, 0.15) is 5.82 Å². The maximum atomic E-state index is 13.4. The van der Waals surface area contributed by atoms with Crippen molar-refractivity contribution in [3.63, 3.8) is 0 Å². The Kier molecular flexibility index (Phi) is 5.25. The Balaban J connectivity index is 1.52. The van der Waals surface area contributed by atoms with E-state index in [1.807, 2.05) is 6.07 Å². The number of fused-ring (bicyclic) bond motifs is 3. The van der Waals surface area contributed by atoms with E-state index in [-0.39, 0.29) is 23.8 Å². The molecule has 0 bridgehead atoms. The van der Waals surface area contributed by atoms with Crippen molar-refractivity contribution in [1.82, 2.24) is 20.9 Å². The molecule has 33 heavy (non-hydrogen) atoms. The lowest BCUT2D eigenvalue weighted by molar-refractivity contribution is -0.137. The number of alkyl halides is 3. The van der Waals surface area contributed by atoms with Gasteiger partial charge in [-0.1, -0.05) is 12.1 Å². The molecule has 1 aromatic heterocycles. The minimum atomic E-state index is -4.55. The van der Waals surface area contributed by atoms with Crippen LogP contribution < -0.4 is 26.6 Å². The number of imide groups is 1. The van der Waals surface area contributed by atoms with Gasteiger partial charge < -0.3 is 16.4 Å². The lowest BCUT2D eigenvalue weighted by atomic mass is 9.76. The third kappa shape index (κ3) is 3.91. The largest absolute Gasteiger partial charge is 0.416 e. The van der Waals surface area contributed by atoms with E-state index in [1.165, 1.54) is 17.0 Å². The first-order valence-electron chi connectivity index (χ1n) is 10.7. The molecule has 11 heteroatoms. The van der Waals surface area contributed by atoms with Gasteiger partial charge in [0.05, 0.1) is 17.5 Å². The number of carbonyl (C=O) groups is 2. The van der Waals surface area contributed by atoms with E-state index in [0.717, 1.165) is 30.5 Å². The smallest absolute Gasteiger partial charge is 0.384 e. The number of nitrogens with two attached hydrogens (primary N) is 1. The van der Waals surface area contributed by atoms with Crippen LogP contribution in [0.2, 0.25) is 0 Å². The van der Waals surface area contributed by atoms with E-state index >= 15 is 0 Å². The van der Waals surface area contributed by atoms with Gasteiger partial charge in [-0.15, -0.1) is 0 Å². The van der Waals surface area contributed by atoms with Crippen LogP contribution in [0, 0.1) is 5.92 Å². The van der Waals surface area contributed by atoms with Crippen LogP contribution in [-0.2, 0) is 11.0 Å². The van der Waals surface area contributed by atoms with Crippen molar-refractivity contribution in [3.05, 3.63) is 53.7 Å². The van der Waals surface area contributed by atoms with Gasteiger partial charge in [-0.25, -0.2) is 9.78 Å². The van der Waals surface area contributed by atoms with Crippen LogP contribution >= 0.6 is 0 Å². The average molecular weight is 460 g/mol. The number of benzene rings is 1. The van der Waals surface area contributed by atoms with Gasteiger partial charge in [-0.05, 0) is 42.7 Å². The minimum Gasteiger partial charge on any atom is -0.384 e. The number of halogens is 3. The van der Waals surface area contributed by atoms with Crippen LogP contribution in [0.3, 0.4) is 0 Å². The second-order valence-electron chi connectivity index (χ2n) is 8.66. The predicted octanol–water partition coefficient (Wildman–Crippen LogP) is 2.19. The maximum Gasteiger partial charge on any atom is 0.416 e. The number of amides is 3. The van der Waals surface area contributed by atoms with Crippen LogP contribution in [0.15, 0.2) is 42.6 Å². The van der Waals surface area contributed by atoms with Crippen molar-refractivity contribution < 1.29 is 22.8 Å². The number of pyridine rings is 1. The summed E-state index contributed by atoms with van der Waals surface area (Å²) in [4.78, 5) is 31.0. The number of carbonyl (C=O) groups excluding carboxylic acids is 2. The molecule has 5 rings (SSSR count). The normalized spacial score (nSPS) is 29.8. The molecule has 3 amide bonds. The van der Waals surface area contributed by atoms with Crippen molar-refractivity contribution in [2.75, 3.05) is 17.2 Å². The molecule has 3 saturated heterocycles. The van der Waals surface area contributed by atoms with Gasteiger partial charge in [0.15, 0.2) is 0 Å². The molecule has 3 aliphatic rings. The highest BCUT2D eigenvalue weighted by molar-refractivity contribution is 6.07. The molecular formula is C22H23F3N6O2.